The van der Waals surface area contributed by atoms with Gasteiger partial charge in [-0.2, -0.15) is 0 Å². The van der Waals surface area contributed by atoms with E-state index in [2.05, 4.69) is 6.58 Å². The van der Waals surface area contributed by atoms with Gasteiger partial charge in [0.15, 0.2) is 0 Å². The van der Waals surface area contributed by atoms with E-state index < -0.39 is 5.60 Å². The van der Waals surface area contributed by atoms with Crippen molar-refractivity contribution in [3.8, 4) is 0 Å². The maximum Gasteiger partial charge on any atom is 0.410 e. The van der Waals surface area contributed by atoms with E-state index in [1.165, 1.54) is 11.0 Å². The molecule has 0 radical (unpaired) electrons. The zero-order valence-corrected chi connectivity index (χ0v) is 15.4. The van der Waals surface area contributed by atoms with Crippen LogP contribution in [0, 0.1) is 0 Å². The van der Waals surface area contributed by atoms with Crippen molar-refractivity contribution in [1.29, 1.82) is 0 Å². The summed E-state index contributed by atoms with van der Waals surface area (Å²) in [5.74, 6) is -0.413. The second-order valence-corrected chi connectivity index (χ2v) is 6.93. The molecule has 7 heteroatoms. The lowest BCUT2D eigenvalue weighted by Crippen LogP contribution is -2.46. The topological polar surface area (TPSA) is 70.2 Å². The Morgan fingerprint density at radius 3 is 2.46 bits per heavy atom. The minimum absolute atomic E-state index is 0.0147. The average molecular weight is 339 g/mol. The van der Waals surface area contributed by atoms with Gasteiger partial charge in [0.2, 0.25) is 11.8 Å². The summed E-state index contributed by atoms with van der Waals surface area (Å²) in [7, 11) is 1.71. The van der Waals surface area contributed by atoms with E-state index in [1.807, 2.05) is 27.7 Å². The molecule has 1 fully saturated rings. The van der Waals surface area contributed by atoms with Crippen LogP contribution in [0.5, 0.6) is 0 Å². The third-order valence-corrected chi connectivity index (χ3v) is 3.95. The van der Waals surface area contributed by atoms with Crippen LogP contribution >= 0.6 is 0 Å². The van der Waals surface area contributed by atoms with Gasteiger partial charge in [-0.15, -0.1) is 0 Å². The van der Waals surface area contributed by atoms with Crippen molar-refractivity contribution in [3.63, 3.8) is 0 Å². The molecule has 1 rings (SSSR count). The highest BCUT2D eigenvalue weighted by molar-refractivity contribution is 5.90. The summed E-state index contributed by atoms with van der Waals surface area (Å²) < 4.78 is 5.36. The Hall–Kier alpha value is -2.05. The Kier molecular flexibility index (Phi) is 6.81. The molecule has 136 valence electrons. The molecule has 1 aliphatic rings. The molecular weight excluding hydrogens is 310 g/mol. The summed E-state index contributed by atoms with van der Waals surface area (Å²) in [6, 6.07) is -0.0671. The molecule has 0 bridgehead atoms. The molecule has 0 spiro atoms. The van der Waals surface area contributed by atoms with Crippen LogP contribution in [0.2, 0.25) is 0 Å². The van der Waals surface area contributed by atoms with Crippen LogP contribution in [0.25, 0.3) is 0 Å². The first-order chi connectivity index (χ1) is 11.1. The molecule has 0 aromatic heterocycles. The number of nitrogens with zero attached hydrogens (tertiary/aromatic N) is 3. The van der Waals surface area contributed by atoms with Crippen LogP contribution in [0.1, 0.15) is 34.1 Å². The summed E-state index contributed by atoms with van der Waals surface area (Å²) in [5, 5.41) is 0. The summed E-state index contributed by atoms with van der Waals surface area (Å²) in [5.41, 5.74) is -0.538. The lowest BCUT2D eigenvalue weighted by atomic mass is 10.2. The van der Waals surface area contributed by atoms with Crippen LogP contribution < -0.4 is 0 Å². The van der Waals surface area contributed by atoms with Crippen LogP contribution in [-0.4, -0.2) is 77.5 Å². The third kappa shape index (κ3) is 5.54. The molecule has 0 aliphatic carbocycles. The highest BCUT2D eigenvalue weighted by Gasteiger charge is 2.33. The quantitative estimate of drug-likeness (QED) is 0.712. The number of ether oxygens (including phenoxy) is 1. The highest BCUT2D eigenvalue weighted by Crippen LogP contribution is 2.18. The number of amides is 3. The predicted octanol–water partition coefficient (Wildman–Crippen LogP) is 1.49. The molecule has 0 N–H and O–H groups in total. The van der Waals surface area contributed by atoms with Gasteiger partial charge in [0.1, 0.15) is 5.60 Å². The molecule has 1 aliphatic heterocycles. The maximum absolute atomic E-state index is 12.4. The maximum atomic E-state index is 12.4. The number of likely N-dealkylation sites (tertiary alicyclic amines) is 1. The van der Waals surface area contributed by atoms with Gasteiger partial charge in [-0.05, 0) is 40.2 Å². The van der Waals surface area contributed by atoms with E-state index in [1.54, 1.807) is 16.8 Å². The Morgan fingerprint density at radius 1 is 1.33 bits per heavy atom. The molecule has 3 amide bonds. The first kappa shape index (κ1) is 20.0. The first-order valence-electron chi connectivity index (χ1n) is 8.24. The largest absolute Gasteiger partial charge is 0.444 e. The molecule has 0 saturated carbocycles. The monoisotopic (exact) mass is 339 g/mol. The minimum atomic E-state index is -0.538. The smallest absolute Gasteiger partial charge is 0.410 e. The number of hydrogen-bond acceptors (Lipinski definition) is 4. The van der Waals surface area contributed by atoms with Gasteiger partial charge in [-0.25, -0.2) is 4.79 Å². The summed E-state index contributed by atoms with van der Waals surface area (Å²) in [6.45, 7) is 12.2. The van der Waals surface area contributed by atoms with Gasteiger partial charge in [0, 0.05) is 26.7 Å². The first-order valence-corrected chi connectivity index (χ1v) is 8.24. The predicted molar refractivity (Wildman–Crippen MR) is 91.4 cm³/mol. The fourth-order valence-corrected chi connectivity index (χ4v) is 2.50. The minimum Gasteiger partial charge on any atom is -0.444 e. The number of carbonyl (C=O) groups excluding carboxylic acids is 3. The van der Waals surface area contributed by atoms with Crippen molar-refractivity contribution >= 4 is 17.9 Å². The summed E-state index contributed by atoms with van der Waals surface area (Å²) in [6.07, 6.45) is 1.54. The van der Waals surface area contributed by atoms with Crippen molar-refractivity contribution < 1.29 is 19.1 Å². The molecule has 1 unspecified atom stereocenters. The molecule has 0 aromatic rings. The lowest BCUT2D eigenvalue weighted by molar-refractivity contribution is -0.138. The Morgan fingerprint density at radius 2 is 1.96 bits per heavy atom. The zero-order chi connectivity index (χ0) is 18.5. The number of rotatable bonds is 5. The third-order valence-electron chi connectivity index (χ3n) is 3.95. The highest BCUT2D eigenvalue weighted by atomic mass is 16.6. The summed E-state index contributed by atoms with van der Waals surface area (Å²) >= 11 is 0. The molecule has 1 saturated heterocycles. The van der Waals surface area contributed by atoms with Crippen molar-refractivity contribution in [1.82, 2.24) is 14.7 Å². The van der Waals surface area contributed by atoms with Gasteiger partial charge >= 0.3 is 6.09 Å². The molecule has 0 aromatic carbocycles. The van der Waals surface area contributed by atoms with Gasteiger partial charge < -0.3 is 19.4 Å². The number of likely N-dealkylation sites (N-methyl/N-ethyl adjacent to an activating group) is 2. The van der Waals surface area contributed by atoms with Crippen LogP contribution in [-0.2, 0) is 14.3 Å². The lowest BCUT2D eigenvalue weighted by Gasteiger charge is -2.28. The van der Waals surface area contributed by atoms with E-state index in [0.717, 1.165) is 0 Å². The number of carbonyl (C=O) groups is 3. The van der Waals surface area contributed by atoms with E-state index >= 15 is 0 Å². The SMILES string of the molecule is C=CC(=O)N(CC)CC(=O)N(C)C1CCN(C(=O)OC(C)(C)C)C1. The van der Waals surface area contributed by atoms with Crippen molar-refractivity contribution in [2.75, 3.05) is 33.2 Å². The van der Waals surface area contributed by atoms with Crippen molar-refractivity contribution in [3.05, 3.63) is 12.7 Å². The fourth-order valence-electron chi connectivity index (χ4n) is 2.50. The summed E-state index contributed by atoms with van der Waals surface area (Å²) in [4.78, 5) is 40.8. The zero-order valence-electron chi connectivity index (χ0n) is 15.4. The average Bonchev–Trinajstić information content (AvgIpc) is 2.99. The van der Waals surface area contributed by atoms with Gasteiger partial charge in [0.05, 0.1) is 12.6 Å². The Balaban J connectivity index is 2.58. The van der Waals surface area contributed by atoms with E-state index in [4.69, 9.17) is 4.74 Å². The molecule has 1 heterocycles. The molecule has 7 nitrogen and oxygen atoms in total. The standard InChI is InChI=1S/C17H29N3O4/c1-7-14(21)19(8-2)12-15(22)18(6)13-9-10-20(11-13)16(23)24-17(3,4)5/h7,13H,1,8-12H2,2-6H3. The van der Waals surface area contributed by atoms with Gasteiger partial charge in [0.25, 0.3) is 0 Å². The fraction of sp³-hybridized carbons (Fsp3) is 0.706. The van der Waals surface area contributed by atoms with Crippen LogP contribution in [0.15, 0.2) is 12.7 Å². The number of hydrogen-bond donors (Lipinski definition) is 0. The van der Waals surface area contributed by atoms with Crippen LogP contribution in [0.3, 0.4) is 0 Å². The van der Waals surface area contributed by atoms with Crippen LogP contribution in [0.4, 0.5) is 4.79 Å². The Labute approximate surface area is 144 Å². The molecule has 1 atom stereocenters. The van der Waals surface area contributed by atoms with Crippen molar-refractivity contribution in [2.45, 2.75) is 45.8 Å². The van der Waals surface area contributed by atoms with Gasteiger partial charge in [-0.1, -0.05) is 6.58 Å². The van der Waals surface area contributed by atoms with E-state index in [0.29, 0.717) is 26.1 Å². The van der Waals surface area contributed by atoms with E-state index in [-0.39, 0.29) is 30.5 Å². The van der Waals surface area contributed by atoms with E-state index in [9.17, 15) is 14.4 Å². The second kappa shape index (κ2) is 8.17. The molecular formula is C17H29N3O4. The Bertz CT molecular complexity index is 499. The van der Waals surface area contributed by atoms with Gasteiger partial charge in [-0.3, -0.25) is 9.59 Å². The molecule has 24 heavy (non-hydrogen) atoms. The van der Waals surface area contributed by atoms with Crippen molar-refractivity contribution in [2.24, 2.45) is 0 Å². The second-order valence-electron chi connectivity index (χ2n) is 6.93. The normalized spacial score (nSPS) is 17.4.